The average molecular weight is 359 g/mol. The summed E-state index contributed by atoms with van der Waals surface area (Å²) in [6, 6.07) is 5.60. The molecule has 3 atom stereocenters. The normalized spacial score (nSPS) is 24.7. The van der Waals surface area contributed by atoms with Gasteiger partial charge in [-0.1, -0.05) is 12.1 Å². The van der Waals surface area contributed by atoms with Crippen LogP contribution in [0.15, 0.2) is 24.3 Å². The highest BCUT2D eigenvalue weighted by molar-refractivity contribution is 7.15. The second kappa shape index (κ2) is 5.91. The maximum atomic E-state index is 13.6. The Morgan fingerprint density at radius 2 is 2.16 bits per heavy atom. The maximum Gasteiger partial charge on any atom is 0.274 e. The molecule has 2 N–H and O–H groups in total. The number of nitrogens with zero attached hydrogens (tertiary/aromatic N) is 2. The molecule has 1 saturated carbocycles. The second-order valence-corrected chi connectivity index (χ2v) is 7.91. The Morgan fingerprint density at radius 3 is 2.88 bits per heavy atom. The van der Waals surface area contributed by atoms with Gasteiger partial charge in [0.1, 0.15) is 17.6 Å². The fourth-order valence-corrected chi connectivity index (χ4v) is 5.07. The molecule has 2 aromatic rings. The molecule has 7 heteroatoms. The van der Waals surface area contributed by atoms with Crippen LogP contribution in [-0.2, 0) is 4.79 Å². The minimum absolute atomic E-state index is 0.0392. The summed E-state index contributed by atoms with van der Waals surface area (Å²) in [6.07, 6.45) is 2.63. The van der Waals surface area contributed by atoms with Gasteiger partial charge in [0.15, 0.2) is 0 Å². The number of nitrogens with two attached hydrogens (primary N) is 1. The van der Waals surface area contributed by atoms with Crippen LogP contribution in [0.1, 0.15) is 34.8 Å². The number of thiazole rings is 1. The SMILES string of the molecule is Cc1nc(C(=O)N2[C@@H]3CC[C@@H](C3)[C@H]2C(N)=O)c(-c2cccc(F)c2)s1. The highest BCUT2D eigenvalue weighted by Crippen LogP contribution is 2.44. The van der Waals surface area contributed by atoms with E-state index >= 15 is 0 Å². The molecule has 2 fully saturated rings. The van der Waals surface area contributed by atoms with E-state index in [1.807, 2.05) is 6.92 Å². The maximum absolute atomic E-state index is 13.6. The van der Waals surface area contributed by atoms with Gasteiger partial charge in [-0.25, -0.2) is 9.37 Å². The number of carbonyl (C=O) groups excluding carboxylic acids is 2. The first-order valence-electron chi connectivity index (χ1n) is 8.31. The van der Waals surface area contributed by atoms with Crippen molar-refractivity contribution < 1.29 is 14.0 Å². The van der Waals surface area contributed by atoms with Crippen LogP contribution in [0.2, 0.25) is 0 Å². The summed E-state index contributed by atoms with van der Waals surface area (Å²) in [6.45, 7) is 1.81. The molecule has 1 aliphatic carbocycles. The monoisotopic (exact) mass is 359 g/mol. The van der Waals surface area contributed by atoms with Gasteiger partial charge in [0, 0.05) is 6.04 Å². The van der Waals surface area contributed by atoms with Gasteiger partial charge in [-0.15, -0.1) is 11.3 Å². The lowest BCUT2D eigenvalue weighted by molar-refractivity contribution is -0.123. The first-order chi connectivity index (χ1) is 12.0. The molecule has 0 radical (unpaired) electrons. The molecule has 4 rings (SSSR count). The lowest BCUT2D eigenvalue weighted by Crippen LogP contribution is -2.51. The fraction of sp³-hybridized carbons (Fsp3) is 0.389. The summed E-state index contributed by atoms with van der Waals surface area (Å²) >= 11 is 1.35. The van der Waals surface area contributed by atoms with Gasteiger partial charge in [0.2, 0.25) is 5.91 Å². The molecule has 1 aromatic heterocycles. The van der Waals surface area contributed by atoms with Crippen LogP contribution in [0.3, 0.4) is 0 Å². The minimum Gasteiger partial charge on any atom is -0.368 e. The number of hydrogen-bond donors (Lipinski definition) is 1. The van der Waals surface area contributed by atoms with E-state index in [1.54, 1.807) is 17.0 Å². The van der Waals surface area contributed by atoms with E-state index in [0.29, 0.717) is 10.4 Å². The Hall–Kier alpha value is -2.28. The number of aromatic nitrogens is 1. The van der Waals surface area contributed by atoms with Gasteiger partial charge in [-0.05, 0) is 49.8 Å². The van der Waals surface area contributed by atoms with Gasteiger partial charge >= 0.3 is 0 Å². The molecule has 5 nitrogen and oxygen atoms in total. The van der Waals surface area contributed by atoms with E-state index in [-0.39, 0.29) is 29.4 Å². The molecule has 1 saturated heterocycles. The van der Waals surface area contributed by atoms with Crippen LogP contribution in [0.25, 0.3) is 10.4 Å². The predicted octanol–water partition coefficient (Wildman–Crippen LogP) is 2.74. The number of piperidine rings is 1. The Labute approximate surface area is 148 Å². The van der Waals surface area contributed by atoms with Crippen LogP contribution in [-0.4, -0.2) is 33.8 Å². The molecule has 0 unspecified atom stereocenters. The van der Waals surface area contributed by atoms with Crippen molar-refractivity contribution >= 4 is 23.2 Å². The third kappa shape index (κ3) is 2.63. The predicted molar refractivity (Wildman–Crippen MR) is 92.5 cm³/mol. The Morgan fingerprint density at radius 1 is 1.36 bits per heavy atom. The van der Waals surface area contributed by atoms with Crippen LogP contribution < -0.4 is 5.73 Å². The average Bonchev–Trinajstić information content (AvgIpc) is 3.27. The van der Waals surface area contributed by atoms with Crippen LogP contribution >= 0.6 is 11.3 Å². The standard InChI is InChI=1S/C18H18FN3O2S/c1-9-21-14(16(25-9)11-3-2-4-12(19)7-11)18(24)22-13-6-5-10(8-13)15(22)17(20)23/h2-4,7,10,13,15H,5-6,8H2,1H3,(H2,20,23)/t10-,13+,15-/m0/s1. The molecule has 130 valence electrons. The van der Waals surface area contributed by atoms with Crippen LogP contribution in [0.4, 0.5) is 4.39 Å². The van der Waals surface area contributed by atoms with Crippen molar-refractivity contribution in [2.45, 2.75) is 38.3 Å². The van der Waals surface area contributed by atoms with Gasteiger partial charge in [0.25, 0.3) is 5.91 Å². The number of carbonyl (C=O) groups is 2. The molecule has 2 aliphatic rings. The summed E-state index contributed by atoms with van der Waals surface area (Å²) in [4.78, 5) is 31.8. The number of benzene rings is 1. The van der Waals surface area contributed by atoms with Crippen molar-refractivity contribution in [1.29, 1.82) is 0 Å². The Bertz CT molecular complexity index is 866. The minimum atomic E-state index is -0.561. The summed E-state index contributed by atoms with van der Waals surface area (Å²) < 4.78 is 13.6. The summed E-state index contributed by atoms with van der Waals surface area (Å²) in [5.41, 5.74) is 6.47. The second-order valence-electron chi connectivity index (χ2n) is 6.71. The number of primary amides is 1. The number of rotatable bonds is 3. The zero-order chi connectivity index (χ0) is 17.7. The Balaban J connectivity index is 1.75. The number of fused-ring (bicyclic) bond motifs is 2. The molecule has 2 heterocycles. The van der Waals surface area contributed by atoms with Gasteiger partial charge in [0.05, 0.1) is 9.88 Å². The number of amides is 2. The van der Waals surface area contributed by atoms with Crippen molar-refractivity contribution in [3.63, 3.8) is 0 Å². The molecular weight excluding hydrogens is 341 g/mol. The Kier molecular flexibility index (Phi) is 3.83. The quantitative estimate of drug-likeness (QED) is 0.915. The molecule has 25 heavy (non-hydrogen) atoms. The molecule has 2 bridgehead atoms. The highest BCUT2D eigenvalue weighted by Gasteiger charge is 2.51. The molecule has 1 aromatic carbocycles. The van der Waals surface area contributed by atoms with Crippen LogP contribution in [0.5, 0.6) is 0 Å². The van der Waals surface area contributed by atoms with E-state index in [9.17, 15) is 14.0 Å². The first kappa shape index (κ1) is 16.2. The third-order valence-electron chi connectivity index (χ3n) is 5.13. The van der Waals surface area contributed by atoms with Crippen molar-refractivity contribution in [3.8, 4) is 10.4 Å². The number of aryl methyl sites for hydroxylation is 1. The molecule has 1 aliphatic heterocycles. The van der Waals surface area contributed by atoms with E-state index in [2.05, 4.69) is 4.98 Å². The van der Waals surface area contributed by atoms with E-state index in [4.69, 9.17) is 5.73 Å². The third-order valence-corrected chi connectivity index (χ3v) is 6.15. The van der Waals surface area contributed by atoms with Crippen molar-refractivity contribution in [1.82, 2.24) is 9.88 Å². The molecule has 0 spiro atoms. The van der Waals surface area contributed by atoms with Gasteiger partial charge in [-0.3, -0.25) is 9.59 Å². The lowest BCUT2D eigenvalue weighted by atomic mass is 9.97. The van der Waals surface area contributed by atoms with E-state index < -0.39 is 11.9 Å². The lowest BCUT2D eigenvalue weighted by Gasteiger charge is -2.33. The van der Waals surface area contributed by atoms with Crippen LogP contribution in [0, 0.1) is 18.7 Å². The van der Waals surface area contributed by atoms with E-state index in [0.717, 1.165) is 24.3 Å². The van der Waals surface area contributed by atoms with Crippen molar-refractivity contribution in [2.75, 3.05) is 0 Å². The zero-order valence-corrected chi connectivity index (χ0v) is 14.6. The number of hydrogen-bond acceptors (Lipinski definition) is 4. The highest BCUT2D eigenvalue weighted by atomic mass is 32.1. The molecular formula is C18H18FN3O2S. The summed E-state index contributed by atoms with van der Waals surface area (Å²) in [5.74, 6) is -0.958. The zero-order valence-electron chi connectivity index (χ0n) is 13.7. The van der Waals surface area contributed by atoms with Gasteiger partial charge < -0.3 is 10.6 Å². The van der Waals surface area contributed by atoms with Crippen molar-refractivity contribution in [2.24, 2.45) is 11.7 Å². The largest absolute Gasteiger partial charge is 0.368 e. The van der Waals surface area contributed by atoms with Gasteiger partial charge in [-0.2, -0.15) is 0 Å². The van der Waals surface area contributed by atoms with Crippen molar-refractivity contribution in [3.05, 3.63) is 40.8 Å². The summed E-state index contributed by atoms with van der Waals surface area (Å²) in [7, 11) is 0. The first-order valence-corrected chi connectivity index (χ1v) is 9.12. The topological polar surface area (TPSA) is 76.3 Å². The smallest absolute Gasteiger partial charge is 0.274 e. The molecule has 2 amide bonds. The fourth-order valence-electron chi connectivity index (χ4n) is 4.17. The number of halogens is 1. The van der Waals surface area contributed by atoms with E-state index in [1.165, 1.54) is 23.5 Å². The number of likely N-dealkylation sites (tertiary alicyclic amines) is 1. The summed E-state index contributed by atoms with van der Waals surface area (Å²) in [5, 5.41) is 0.725.